The van der Waals surface area contributed by atoms with Crippen LogP contribution in [0.15, 0.2) is 12.1 Å². The van der Waals surface area contributed by atoms with Gasteiger partial charge < -0.3 is 24.0 Å². The fourth-order valence-corrected chi connectivity index (χ4v) is 6.95. The molecular formula is C31H42F2N6O4. The molecule has 4 aliphatic rings. The third kappa shape index (κ3) is 6.40. The predicted octanol–water partition coefficient (Wildman–Crippen LogP) is 4.78. The van der Waals surface area contributed by atoms with Crippen LogP contribution in [-0.4, -0.2) is 89.5 Å². The average Bonchev–Trinajstić information content (AvgIpc) is 3.66. The molecule has 1 amide bonds. The number of methoxy groups -OCH3 is 1. The first-order chi connectivity index (χ1) is 20.9. The minimum absolute atomic E-state index is 0.00871. The lowest BCUT2D eigenvalue weighted by Crippen LogP contribution is -2.42. The predicted molar refractivity (Wildman–Crippen MR) is 157 cm³/mol. The molecule has 12 heteroatoms. The number of imidazole rings is 1. The Morgan fingerprint density at radius 1 is 1.07 bits per heavy atom. The Balaban J connectivity index is 1.19. The lowest BCUT2D eigenvalue weighted by Gasteiger charge is -2.33. The zero-order valence-corrected chi connectivity index (χ0v) is 25.1. The van der Waals surface area contributed by atoms with Crippen LogP contribution < -0.4 is 9.64 Å². The standard InChI is InChI=1S/C31H42F2N6O4/c1-20-5-3-7-24-27(20)39(29(34-24)28(32)33)25-17-26(36-31(35-25)37-13-15-42-16-14-37)43-18-21-8-10-22(11-9-21)30(40)38-12-4-6-23(38)19-41-2/h3,7,17,20-23,28H,4-6,8-16,18-19H2,1-2H3/t20?,21?,22?,23-/m1/s1. The summed E-state index contributed by atoms with van der Waals surface area (Å²) in [6.45, 7) is 6.16. The minimum Gasteiger partial charge on any atom is -0.477 e. The topological polar surface area (TPSA) is 94.8 Å². The van der Waals surface area contributed by atoms with E-state index in [-0.39, 0.29) is 35.5 Å². The van der Waals surface area contributed by atoms with Crippen molar-refractivity contribution in [2.75, 3.05) is 58.1 Å². The number of rotatable bonds is 9. The summed E-state index contributed by atoms with van der Waals surface area (Å²) in [5, 5.41) is 0. The quantitative estimate of drug-likeness (QED) is 0.406. The number of hydrogen-bond acceptors (Lipinski definition) is 8. The molecule has 0 radical (unpaired) electrons. The molecule has 2 aromatic heterocycles. The first-order valence-corrected chi connectivity index (χ1v) is 15.6. The van der Waals surface area contributed by atoms with Gasteiger partial charge in [-0.2, -0.15) is 9.97 Å². The van der Waals surface area contributed by atoms with Gasteiger partial charge in [0.1, 0.15) is 5.82 Å². The van der Waals surface area contributed by atoms with Gasteiger partial charge in [0.25, 0.3) is 6.43 Å². The number of aromatic nitrogens is 4. The van der Waals surface area contributed by atoms with Crippen LogP contribution in [0.2, 0.25) is 0 Å². The number of nitrogens with zero attached hydrogens (tertiary/aromatic N) is 6. The normalized spacial score (nSPS) is 25.8. The second-order valence-electron chi connectivity index (χ2n) is 12.2. The van der Waals surface area contributed by atoms with Gasteiger partial charge in [0.05, 0.1) is 43.9 Å². The summed E-state index contributed by atoms with van der Waals surface area (Å²) in [5.74, 6) is 1.40. The van der Waals surface area contributed by atoms with Gasteiger partial charge in [0.15, 0.2) is 5.82 Å². The lowest BCUT2D eigenvalue weighted by atomic mass is 9.81. The van der Waals surface area contributed by atoms with E-state index in [2.05, 4.69) is 4.98 Å². The molecule has 2 atom stereocenters. The number of morpholine rings is 1. The molecule has 234 valence electrons. The number of fused-ring (bicyclic) bond motifs is 1. The molecule has 3 fully saturated rings. The highest BCUT2D eigenvalue weighted by atomic mass is 19.3. The van der Waals surface area contributed by atoms with Gasteiger partial charge in [0.2, 0.25) is 17.7 Å². The van der Waals surface area contributed by atoms with E-state index in [9.17, 15) is 13.6 Å². The van der Waals surface area contributed by atoms with E-state index in [0.29, 0.717) is 62.9 Å². The van der Waals surface area contributed by atoms with Gasteiger partial charge in [-0.25, -0.2) is 13.8 Å². The maximum Gasteiger partial charge on any atom is 0.296 e. The van der Waals surface area contributed by atoms with E-state index in [1.165, 1.54) is 4.57 Å². The Morgan fingerprint density at radius 2 is 1.86 bits per heavy atom. The molecule has 0 spiro atoms. The van der Waals surface area contributed by atoms with Crippen LogP contribution in [0.5, 0.6) is 5.88 Å². The van der Waals surface area contributed by atoms with Crippen molar-refractivity contribution >= 4 is 17.9 Å². The number of alkyl halides is 2. The summed E-state index contributed by atoms with van der Waals surface area (Å²) in [5.41, 5.74) is 1.28. The Morgan fingerprint density at radius 3 is 2.60 bits per heavy atom. The number of allylic oxidation sites excluding steroid dienone is 1. The third-order valence-corrected chi connectivity index (χ3v) is 9.28. The van der Waals surface area contributed by atoms with Crippen molar-refractivity contribution in [1.82, 2.24) is 24.4 Å². The molecule has 2 saturated heterocycles. The fraction of sp³-hybridized carbons (Fsp3) is 0.677. The molecule has 2 aliphatic carbocycles. The molecule has 4 heterocycles. The zero-order valence-electron chi connectivity index (χ0n) is 25.1. The minimum atomic E-state index is -2.76. The third-order valence-electron chi connectivity index (χ3n) is 9.28. The molecule has 2 aliphatic heterocycles. The van der Waals surface area contributed by atoms with E-state index in [4.69, 9.17) is 24.2 Å². The number of halogens is 2. The summed E-state index contributed by atoms with van der Waals surface area (Å²) >= 11 is 0. The highest BCUT2D eigenvalue weighted by Crippen LogP contribution is 2.37. The number of amides is 1. The fourth-order valence-electron chi connectivity index (χ4n) is 6.95. The van der Waals surface area contributed by atoms with E-state index in [1.807, 2.05) is 28.9 Å². The number of carbonyl (C=O) groups is 1. The number of hydrogen-bond donors (Lipinski definition) is 0. The van der Waals surface area contributed by atoms with Crippen LogP contribution in [0.25, 0.3) is 11.9 Å². The lowest BCUT2D eigenvalue weighted by molar-refractivity contribution is -0.138. The van der Waals surface area contributed by atoms with Crippen molar-refractivity contribution in [1.29, 1.82) is 0 Å². The summed E-state index contributed by atoms with van der Waals surface area (Å²) in [4.78, 5) is 31.0. The number of carbonyl (C=O) groups excluding carboxylic acids is 1. The van der Waals surface area contributed by atoms with Gasteiger partial charge in [-0.15, -0.1) is 0 Å². The molecule has 10 nitrogen and oxygen atoms in total. The molecule has 0 N–H and O–H groups in total. The first-order valence-electron chi connectivity index (χ1n) is 15.6. The van der Waals surface area contributed by atoms with Crippen LogP contribution in [0.3, 0.4) is 0 Å². The van der Waals surface area contributed by atoms with Crippen LogP contribution in [0, 0.1) is 11.8 Å². The van der Waals surface area contributed by atoms with E-state index in [0.717, 1.165) is 57.2 Å². The Hall–Kier alpha value is -3.12. The Bertz CT molecular complexity index is 1310. The second-order valence-corrected chi connectivity index (χ2v) is 12.2. The smallest absolute Gasteiger partial charge is 0.296 e. The van der Waals surface area contributed by atoms with Crippen molar-refractivity contribution in [2.24, 2.45) is 11.8 Å². The summed E-state index contributed by atoms with van der Waals surface area (Å²) < 4.78 is 47.2. The van der Waals surface area contributed by atoms with Gasteiger partial charge >= 0.3 is 0 Å². The highest BCUT2D eigenvalue weighted by Gasteiger charge is 2.35. The van der Waals surface area contributed by atoms with Crippen LogP contribution in [-0.2, 0) is 14.3 Å². The van der Waals surface area contributed by atoms with Crippen LogP contribution in [0.1, 0.15) is 81.4 Å². The molecule has 43 heavy (non-hydrogen) atoms. The molecular weight excluding hydrogens is 558 g/mol. The molecule has 1 unspecified atom stereocenters. The van der Waals surface area contributed by atoms with Gasteiger partial charge in [-0.1, -0.05) is 13.0 Å². The van der Waals surface area contributed by atoms with Crippen molar-refractivity contribution in [3.05, 3.63) is 29.4 Å². The maximum absolute atomic E-state index is 14.3. The van der Waals surface area contributed by atoms with Crippen LogP contribution >= 0.6 is 0 Å². The van der Waals surface area contributed by atoms with Crippen molar-refractivity contribution in [3.8, 4) is 11.7 Å². The SMILES string of the molecule is COC[C@H]1CCCN1C(=O)C1CCC(COc2cc(-n3c(C(F)F)nc4c3C(C)CC=C4)nc(N3CCOCC3)n2)CC1. The van der Waals surface area contributed by atoms with E-state index >= 15 is 0 Å². The van der Waals surface area contributed by atoms with Gasteiger partial charge in [-0.3, -0.25) is 9.36 Å². The summed E-state index contributed by atoms with van der Waals surface area (Å²) in [6, 6.07) is 1.85. The monoisotopic (exact) mass is 600 g/mol. The zero-order chi connectivity index (χ0) is 29.9. The second kappa shape index (κ2) is 13.3. The maximum atomic E-state index is 14.3. The largest absolute Gasteiger partial charge is 0.477 e. The molecule has 1 saturated carbocycles. The summed E-state index contributed by atoms with van der Waals surface area (Å²) in [6.07, 6.45) is 7.24. The van der Waals surface area contributed by atoms with E-state index in [1.54, 1.807) is 13.2 Å². The Kier molecular flexibility index (Phi) is 9.22. The molecule has 6 rings (SSSR count). The molecule has 0 aromatic carbocycles. The van der Waals surface area contributed by atoms with Crippen molar-refractivity contribution < 1.29 is 27.8 Å². The Labute approximate surface area is 251 Å². The number of anilines is 1. The number of ether oxygens (including phenoxy) is 3. The van der Waals surface area contributed by atoms with Gasteiger partial charge in [0, 0.05) is 44.6 Å². The highest BCUT2D eigenvalue weighted by molar-refractivity contribution is 5.79. The van der Waals surface area contributed by atoms with Crippen LogP contribution in [0.4, 0.5) is 14.7 Å². The average molecular weight is 601 g/mol. The van der Waals surface area contributed by atoms with Crippen molar-refractivity contribution in [2.45, 2.75) is 70.3 Å². The molecule has 0 bridgehead atoms. The molecule has 2 aromatic rings. The first kappa shape index (κ1) is 29.9. The van der Waals surface area contributed by atoms with Crippen molar-refractivity contribution in [3.63, 3.8) is 0 Å². The van der Waals surface area contributed by atoms with Gasteiger partial charge in [-0.05, 0) is 56.9 Å². The summed E-state index contributed by atoms with van der Waals surface area (Å²) in [7, 11) is 1.69. The van der Waals surface area contributed by atoms with E-state index < -0.39 is 6.43 Å². The number of likely N-dealkylation sites (tertiary alicyclic amines) is 1.